The minimum absolute atomic E-state index is 0.102. The number of thiophene rings is 1. The van der Waals surface area contributed by atoms with Gasteiger partial charge in [0.05, 0.1) is 17.3 Å². The Bertz CT molecular complexity index is 853. The van der Waals surface area contributed by atoms with E-state index in [2.05, 4.69) is 4.98 Å². The normalized spacial score (nSPS) is 10.7. The Morgan fingerprint density at radius 2 is 2.00 bits per heavy atom. The zero-order valence-corrected chi connectivity index (χ0v) is 13.0. The molecule has 22 heavy (non-hydrogen) atoms. The highest BCUT2D eigenvalue weighted by Crippen LogP contribution is 2.26. The van der Waals surface area contributed by atoms with E-state index in [-0.39, 0.29) is 5.78 Å². The summed E-state index contributed by atoms with van der Waals surface area (Å²) in [5.41, 5.74) is 2.98. The molecule has 0 bridgehead atoms. The number of carbonyl (C=O) groups excluding carboxylic acids is 1. The van der Waals surface area contributed by atoms with Crippen LogP contribution >= 0.6 is 22.7 Å². The monoisotopic (exact) mass is 322 g/mol. The number of rotatable bonds is 4. The average molecular weight is 322 g/mol. The van der Waals surface area contributed by atoms with Crippen molar-refractivity contribution in [3.8, 4) is 16.6 Å². The minimum Gasteiger partial charge on any atom is -0.289 e. The van der Waals surface area contributed by atoms with Crippen molar-refractivity contribution in [3.05, 3.63) is 69.4 Å². The quantitative estimate of drug-likeness (QED) is 0.519. The van der Waals surface area contributed by atoms with Crippen LogP contribution in [0.25, 0.3) is 16.6 Å². The van der Waals surface area contributed by atoms with Crippen LogP contribution in [0, 0.1) is 11.3 Å². The molecule has 0 aliphatic rings. The number of nitriles is 1. The molecule has 0 N–H and O–H groups in total. The van der Waals surface area contributed by atoms with Gasteiger partial charge in [-0.05, 0) is 47.9 Å². The van der Waals surface area contributed by atoms with Crippen LogP contribution in [0.3, 0.4) is 0 Å². The zero-order chi connectivity index (χ0) is 15.4. The summed E-state index contributed by atoms with van der Waals surface area (Å²) in [7, 11) is 0. The van der Waals surface area contributed by atoms with Gasteiger partial charge in [0.1, 0.15) is 5.01 Å². The molecule has 3 nitrogen and oxygen atoms in total. The number of hydrogen-bond acceptors (Lipinski definition) is 5. The van der Waals surface area contributed by atoms with Crippen LogP contribution in [0.2, 0.25) is 0 Å². The number of hydrogen-bond donors (Lipinski definition) is 0. The summed E-state index contributed by atoms with van der Waals surface area (Å²) in [6.07, 6.45) is 3.22. The first-order valence-corrected chi connectivity index (χ1v) is 8.29. The van der Waals surface area contributed by atoms with Gasteiger partial charge in [-0.15, -0.1) is 11.3 Å². The molecule has 0 aliphatic heterocycles. The molecule has 2 aromatic heterocycles. The molecule has 1 aromatic carbocycles. The van der Waals surface area contributed by atoms with Crippen LogP contribution in [0.5, 0.6) is 0 Å². The van der Waals surface area contributed by atoms with Crippen LogP contribution in [0.4, 0.5) is 0 Å². The Balaban J connectivity index is 1.73. The number of thiazole rings is 1. The smallest absolute Gasteiger partial charge is 0.185 e. The Morgan fingerprint density at radius 1 is 1.18 bits per heavy atom. The largest absolute Gasteiger partial charge is 0.289 e. The van der Waals surface area contributed by atoms with Crippen molar-refractivity contribution < 1.29 is 4.79 Å². The summed E-state index contributed by atoms with van der Waals surface area (Å²) in [4.78, 5) is 16.5. The highest BCUT2D eigenvalue weighted by Gasteiger charge is 2.05. The first kappa shape index (κ1) is 14.4. The summed E-state index contributed by atoms with van der Waals surface area (Å²) >= 11 is 3.19. The number of aromatic nitrogens is 1. The van der Waals surface area contributed by atoms with Crippen molar-refractivity contribution in [1.29, 1.82) is 5.26 Å². The fraction of sp³-hybridized carbons (Fsp3) is 0. The molecule has 3 aromatic rings. The molecule has 2 heterocycles. The summed E-state index contributed by atoms with van der Waals surface area (Å²) in [6.45, 7) is 0. The molecular formula is C17H10N2OS2. The van der Waals surface area contributed by atoms with E-state index in [1.54, 1.807) is 53.0 Å². The first-order valence-electron chi connectivity index (χ1n) is 6.47. The lowest BCUT2D eigenvalue weighted by Gasteiger charge is -1.95. The molecule has 0 saturated heterocycles. The van der Waals surface area contributed by atoms with Crippen molar-refractivity contribution >= 4 is 34.5 Å². The van der Waals surface area contributed by atoms with E-state index >= 15 is 0 Å². The van der Waals surface area contributed by atoms with Gasteiger partial charge in [0.15, 0.2) is 5.78 Å². The van der Waals surface area contributed by atoms with Crippen molar-refractivity contribution in [3.63, 3.8) is 0 Å². The molecule has 106 valence electrons. The van der Waals surface area contributed by atoms with E-state index < -0.39 is 0 Å². The van der Waals surface area contributed by atoms with Crippen LogP contribution in [-0.2, 0) is 0 Å². The molecule has 0 unspecified atom stereocenters. The number of benzene rings is 1. The zero-order valence-electron chi connectivity index (χ0n) is 11.4. The molecule has 5 heteroatoms. The Morgan fingerprint density at radius 3 is 2.68 bits per heavy atom. The highest BCUT2D eigenvalue weighted by molar-refractivity contribution is 7.14. The summed E-state index contributed by atoms with van der Waals surface area (Å²) in [6, 6.07) is 10.6. The van der Waals surface area contributed by atoms with Gasteiger partial charge in [-0.25, -0.2) is 4.98 Å². The number of carbonyl (C=O) groups is 1. The van der Waals surface area contributed by atoms with Gasteiger partial charge in [0, 0.05) is 21.9 Å². The fourth-order valence-corrected chi connectivity index (χ4v) is 3.35. The van der Waals surface area contributed by atoms with E-state index in [0.717, 1.165) is 16.3 Å². The van der Waals surface area contributed by atoms with Gasteiger partial charge in [-0.3, -0.25) is 4.79 Å². The molecule has 0 aliphatic carbocycles. The summed E-state index contributed by atoms with van der Waals surface area (Å²) in [5.74, 6) is -0.102. The maximum Gasteiger partial charge on any atom is 0.185 e. The Labute approximate surface area is 135 Å². The SMILES string of the molecule is N#Cc1ccc(C(=O)C=Cc2csc(-c3ccsc3)n2)cc1. The second kappa shape index (κ2) is 6.48. The number of nitrogens with zero attached hydrogens (tertiary/aromatic N) is 2. The van der Waals surface area contributed by atoms with Gasteiger partial charge in [-0.1, -0.05) is 0 Å². The third-order valence-electron chi connectivity index (χ3n) is 2.99. The second-order valence-electron chi connectivity index (χ2n) is 4.48. The molecule has 0 radical (unpaired) electrons. The molecule has 0 atom stereocenters. The van der Waals surface area contributed by atoms with Crippen molar-refractivity contribution in [2.75, 3.05) is 0 Å². The highest BCUT2D eigenvalue weighted by atomic mass is 32.1. The first-order chi connectivity index (χ1) is 10.8. The Hall–Kier alpha value is -2.55. The van der Waals surface area contributed by atoms with Gasteiger partial charge in [-0.2, -0.15) is 16.6 Å². The van der Waals surface area contributed by atoms with E-state index in [1.165, 1.54) is 6.08 Å². The van der Waals surface area contributed by atoms with Crippen LogP contribution in [-0.4, -0.2) is 10.8 Å². The van der Waals surface area contributed by atoms with Gasteiger partial charge in [0.2, 0.25) is 0 Å². The predicted molar refractivity (Wildman–Crippen MR) is 89.9 cm³/mol. The van der Waals surface area contributed by atoms with Crippen LogP contribution < -0.4 is 0 Å². The summed E-state index contributed by atoms with van der Waals surface area (Å²) < 4.78 is 0. The van der Waals surface area contributed by atoms with Crippen molar-refractivity contribution in [1.82, 2.24) is 4.98 Å². The third-order valence-corrected chi connectivity index (χ3v) is 4.59. The van der Waals surface area contributed by atoms with Crippen LogP contribution in [0.1, 0.15) is 21.6 Å². The lowest BCUT2D eigenvalue weighted by Crippen LogP contribution is -1.93. The molecule has 3 rings (SSSR count). The average Bonchev–Trinajstić information content (AvgIpc) is 3.23. The van der Waals surface area contributed by atoms with Crippen LogP contribution in [0.15, 0.2) is 52.5 Å². The molecule has 0 amide bonds. The van der Waals surface area contributed by atoms with Crippen molar-refractivity contribution in [2.45, 2.75) is 0 Å². The Kier molecular flexibility index (Phi) is 4.24. The lowest BCUT2D eigenvalue weighted by molar-refractivity contribution is 0.104. The number of ketones is 1. The molecule has 0 fully saturated rings. The maximum absolute atomic E-state index is 12.1. The standard InChI is InChI=1S/C17H10N2OS2/c18-9-12-1-3-13(4-2-12)16(20)6-5-15-11-22-17(19-15)14-7-8-21-10-14/h1-8,10-11H. The van der Waals surface area contributed by atoms with E-state index in [0.29, 0.717) is 11.1 Å². The predicted octanol–water partition coefficient (Wildman–Crippen LogP) is 4.64. The second-order valence-corrected chi connectivity index (χ2v) is 6.11. The summed E-state index contributed by atoms with van der Waals surface area (Å²) in [5, 5.41) is 15.7. The lowest BCUT2D eigenvalue weighted by atomic mass is 10.1. The topological polar surface area (TPSA) is 53.8 Å². The molecule has 0 spiro atoms. The van der Waals surface area contributed by atoms with E-state index in [4.69, 9.17) is 5.26 Å². The van der Waals surface area contributed by atoms with E-state index in [9.17, 15) is 4.79 Å². The van der Waals surface area contributed by atoms with Crippen molar-refractivity contribution in [2.24, 2.45) is 0 Å². The van der Waals surface area contributed by atoms with E-state index in [1.807, 2.05) is 28.3 Å². The third kappa shape index (κ3) is 3.19. The number of allylic oxidation sites excluding steroid dienone is 1. The molecular weight excluding hydrogens is 312 g/mol. The van der Waals surface area contributed by atoms with Gasteiger partial charge in [0.25, 0.3) is 0 Å². The van der Waals surface area contributed by atoms with Gasteiger partial charge >= 0.3 is 0 Å². The fourth-order valence-electron chi connectivity index (χ4n) is 1.85. The van der Waals surface area contributed by atoms with Gasteiger partial charge < -0.3 is 0 Å². The maximum atomic E-state index is 12.1. The minimum atomic E-state index is -0.102. The molecule has 0 saturated carbocycles.